The van der Waals surface area contributed by atoms with Crippen molar-refractivity contribution in [2.24, 2.45) is 0 Å². The fourth-order valence-electron chi connectivity index (χ4n) is 3.35. The molecule has 0 bridgehead atoms. The molecule has 10 heteroatoms. The molecule has 0 spiro atoms. The molecule has 1 saturated heterocycles. The van der Waals surface area contributed by atoms with Gasteiger partial charge in [-0.25, -0.2) is 5.48 Å². The second-order valence-electron chi connectivity index (χ2n) is 6.59. The lowest BCUT2D eigenvalue weighted by Crippen LogP contribution is -2.54. The fourth-order valence-corrected chi connectivity index (χ4v) is 3.35. The van der Waals surface area contributed by atoms with Crippen LogP contribution in [0.15, 0.2) is 18.2 Å². The summed E-state index contributed by atoms with van der Waals surface area (Å²) in [6.07, 6.45) is 1.48. The Bertz CT molecular complexity index is 852. The van der Waals surface area contributed by atoms with Gasteiger partial charge in [-0.1, -0.05) is 6.07 Å². The first kappa shape index (κ1) is 19.5. The Balaban J connectivity index is 1.70. The highest BCUT2D eigenvalue weighted by atomic mass is 16.5. The summed E-state index contributed by atoms with van der Waals surface area (Å²) in [7, 11) is 0. The van der Waals surface area contributed by atoms with Crippen molar-refractivity contribution < 1.29 is 29.2 Å². The predicted molar refractivity (Wildman–Crippen MR) is 95.4 cm³/mol. The number of benzene rings is 1. The highest BCUT2D eigenvalue weighted by molar-refractivity contribution is 6.25. The second-order valence-corrected chi connectivity index (χ2v) is 6.59. The SMILES string of the molecule is O=C(CCCCNc1cccc2c1C(=O)N(C1CCC(=O)NC1=O)C2=O)NO. The summed E-state index contributed by atoms with van der Waals surface area (Å²) in [6.45, 7) is 0.453. The van der Waals surface area contributed by atoms with Crippen LogP contribution in [0.25, 0.3) is 0 Å². The Hall–Kier alpha value is -3.27. The highest BCUT2D eigenvalue weighted by Crippen LogP contribution is 2.32. The van der Waals surface area contributed by atoms with Gasteiger partial charge < -0.3 is 5.32 Å². The van der Waals surface area contributed by atoms with E-state index >= 15 is 0 Å². The van der Waals surface area contributed by atoms with Gasteiger partial charge in [-0.3, -0.25) is 39.4 Å². The number of piperidine rings is 1. The molecule has 0 aliphatic carbocycles. The normalized spacial score (nSPS) is 18.8. The van der Waals surface area contributed by atoms with Gasteiger partial charge in [0.1, 0.15) is 6.04 Å². The molecule has 1 unspecified atom stereocenters. The zero-order chi connectivity index (χ0) is 20.3. The van der Waals surface area contributed by atoms with Crippen molar-refractivity contribution in [3.05, 3.63) is 29.3 Å². The number of imide groups is 2. The van der Waals surface area contributed by atoms with E-state index in [-0.39, 0.29) is 30.4 Å². The maximum Gasteiger partial charge on any atom is 0.264 e. The molecule has 2 heterocycles. The number of amides is 5. The van der Waals surface area contributed by atoms with E-state index in [1.54, 1.807) is 17.6 Å². The van der Waals surface area contributed by atoms with Crippen molar-refractivity contribution in [1.82, 2.24) is 15.7 Å². The van der Waals surface area contributed by atoms with E-state index in [0.717, 1.165) is 4.90 Å². The van der Waals surface area contributed by atoms with E-state index in [0.29, 0.717) is 25.1 Å². The molecule has 2 aliphatic heterocycles. The van der Waals surface area contributed by atoms with E-state index in [9.17, 15) is 24.0 Å². The van der Waals surface area contributed by atoms with Gasteiger partial charge in [-0.15, -0.1) is 0 Å². The minimum atomic E-state index is -1.00. The molecule has 1 atom stereocenters. The predicted octanol–water partition coefficient (Wildman–Crippen LogP) is 0.175. The largest absolute Gasteiger partial charge is 0.384 e. The lowest BCUT2D eigenvalue weighted by atomic mass is 10.0. The molecule has 10 nitrogen and oxygen atoms in total. The number of carbonyl (C=O) groups excluding carboxylic acids is 5. The number of carbonyl (C=O) groups is 5. The number of rotatable bonds is 7. The molecule has 4 N–H and O–H groups in total. The Morgan fingerprint density at radius 1 is 1.18 bits per heavy atom. The maximum atomic E-state index is 12.9. The Kier molecular flexibility index (Phi) is 5.69. The summed E-state index contributed by atoms with van der Waals surface area (Å²) in [6, 6.07) is 3.82. The molecule has 1 aromatic rings. The molecular formula is C18H20N4O6. The van der Waals surface area contributed by atoms with Crippen LogP contribution in [0.4, 0.5) is 5.69 Å². The van der Waals surface area contributed by atoms with Crippen LogP contribution in [-0.4, -0.2) is 52.2 Å². The molecule has 148 valence electrons. The van der Waals surface area contributed by atoms with Crippen LogP contribution in [0.5, 0.6) is 0 Å². The van der Waals surface area contributed by atoms with Gasteiger partial charge in [0.15, 0.2) is 0 Å². The standard InChI is InChI=1S/C18H20N4O6/c23-13-8-7-12(16(25)20-13)22-17(26)10-4-3-5-11(15(10)18(22)27)19-9-2-1-6-14(24)21-28/h3-5,12,19,28H,1-2,6-9H2,(H,21,24)(H,20,23,25). The number of nitrogens with zero attached hydrogens (tertiary/aromatic N) is 1. The van der Waals surface area contributed by atoms with Crippen molar-refractivity contribution in [3.8, 4) is 0 Å². The van der Waals surface area contributed by atoms with Crippen LogP contribution < -0.4 is 16.1 Å². The van der Waals surface area contributed by atoms with Crippen LogP contribution in [0, 0.1) is 0 Å². The van der Waals surface area contributed by atoms with Crippen molar-refractivity contribution in [3.63, 3.8) is 0 Å². The lowest BCUT2D eigenvalue weighted by Gasteiger charge is -2.27. The van der Waals surface area contributed by atoms with E-state index < -0.39 is 35.6 Å². The van der Waals surface area contributed by atoms with E-state index in [1.165, 1.54) is 6.07 Å². The van der Waals surface area contributed by atoms with Gasteiger partial charge in [-0.05, 0) is 31.4 Å². The average molecular weight is 388 g/mol. The monoisotopic (exact) mass is 388 g/mol. The van der Waals surface area contributed by atoms with Crippen LogP contribution in [0.2, 0.25) is 0 Å². The molecule has 28 heavy (non-hydrogen) atoms. The molecule has 1 fully saturated rings. The summed E-state index contributed by atoms with van der Waals surface area (Å²) >= 11 is 0. The van der Waals surface area contributed by atoms with Crippen molar-refractivity contribution in [2.45, 2.75) is 38.1 Å². The van der Waals surface area contributed by atoms with E-state index in [1.807, 2.05) is 0 Å². The van der Waals surface area contributed by atoms with E-state index in [4.69, 9.17) is 5.21 Å². The fraction of sp³-hybridized carbons (Fsp3) is 0.389. The van der Waals surface area contributed by atoms with Crippen LogP contribution in [0.3, 0.4) is 0 Å². The lowest BCUT2D eigenvalue weighted by molar-refractivity contribution is -0.136. The number of unbranched alkanes of at least 4 members (excludes halogenated alkanes) is 1. The number of hydrogen-bond donors (Lipinski definition) is 4. The molecule has 0 radical (unpaired) electrons. The number of nitrogens with one attached hydrogen (secondary N) is 3. The quantitative estimate of drug-likeness (QED) is 0.226. The summed E-state index contributed by atoms with van der Waals surface area (Å²) in [5.74, 6) is -2.67. The van der Waals surface area contributed by atoms with Crippen LogP contribution in [-0.2, 0) is 14.4 Å². The first-order valence-electron chi connectivity index (χ1n) is 8.95. The van der Waals surface area contributed by atoms with Gasteiger partial charge in [0.2, 0.25) is 17.7 Å². The number of fused-ring (bicyclic) bond motifs is 1. The third-order valence-corrected chi connectivity index (χ3v) is 4.74. The zero-order valence-electron chi connectivity index (χ0n) is 15.0. The van der Waals surface area contributed by atoms with Gasteiger partial charge in [0.25, 0.3) is 11.8 Å². The number of anilines is 1. The zero-order valence-corrected chi connectivity index (χ0v) is 15.0. The second kappa shape index (κ2) is 8.17. The van der Waals surface area contributed by atoms with Gasteiger partial charge in [0.05, 0.1) is 11.1 Å². The minimum absolute atomic E-state index is 0.0658. The molecular weight excluding hydrogens is 368 g/mol. The minimum Gasteiger partial charge on any atom is -0.384 e. The molecule has 0 aromatic heterocycles. The first-order chi connectivity index (χ1) is 13.4. The summed E-state index contributed by atoms with van der Waals surface area (Å²) in [5, 5.41) is 13.7. The average Bonchev–Trinajstić information content (AvgIpc) is 2.93. The number of hydroxylamine groups is 1. The molecule has 2 aliphatic rings. The molecule has 0 saturated carbocycles. The van der Waals surface area contributed by atoms with Crippen molar-refractivity contribution >= 4 is 35.2 Å². The molecule has 3 rings (SSSR count). The Morgan fingerprint density at radius 3 is 2.68 bits per heavy atom. The number of hydrogen-bond acceptors (Lipinski definition) is 7. The van der Waals surface area contributed by atoms with E-state index in [2.05, 4.69) is 10.6 Å². The van der Waals surface area contributed by atoms with Gasteiger partial charge in [-0.2, -0.15) is 0 Å². The third-order valence-electron chi connectivity index (χ3n) is 4.74. The molecule has 1 aromatic carbocycles. The third kappa shape index (κ3) is 3.72. The summed E-state index contributed by atoms with van der Waals surface area (Å²) in [4.78, 5) is 60.9. The van der Waals surface area contributed by atoms with Crippen LogP contribution >= 0.6 is 0 Å². The molecule has 5 amide bonds. The first-order valence-corrected chi connectivity index (χ1v) is 8.95. The topological polar surface area (TPSA) is 145 Å². The summed E-state index contributed by atoms with van der Waals surface area (Å²) in [5.41, 5.74) is 2.44. The van der Waals surface area contributed by atoms with Gasteiger partial charge >= 0.3 is 0 Å². The van der Waals surface area contributed by atoms with Gasteiger partial charge in [0, 0.05) is 25.1 Å². The van der Waals surface area contributed by atoms with Crippen molar-refractivity contribution in [1.29, 1.82) is 0 Å². The smallest absolute Gasteiger partial charge is 0.264 e. The van der Waals surface area contributed by atoms with Crippen molar-refractivity contribution in [2.75, 3.05) is 11.9 Å². The Labute approximate surface area is 160 Å². The van der Waals surface area contributed by atoms with Crippen LogP contribution in [0.1, 0.15) is 52.8 Å². The highest BCUT2D eigenvalue weighted by Gasteiger charge is 2.45. The Morgan fingerprint density at radius 2 is 1.96 bits per heavy atom. The summed E-state index contributed by atoms with van der Waals surface area (Å²) < 4.78 is 0. The maximum absolute atomic E-state index is 12.9.